The Bertz CT molecular complexity index is 756. The van der Waals surface area contributed by atoms with Gasteiger partial charge in [-0.2, -0.15) is 0 Å². The molecule has 0 aliphatic carbocycles. The molecule has 0 aliphatic heterocycles. The van der Waals surface area contributed by atoms with Crippen molar-refractivity contribution in [2.45, 2.75) is 6.92 Å². The molecule has 4 nitrogen and oxygen atoms in total. The zero-order chi connectivity index (χ0) is 16.8. The summed E-state index contributed by atoms with van der Waals surface area (Å²) in [6.45, 7) is 1.98. The molecule has 118 valence electrons. The maximum absolute atomic E-state index is 5.92. The number of nitrogens with zero attached hydrogens (tertiary/aromatic N) is 2. The molecule has 0 atom stereocenters. The van der Waals surface area contributed by atoms with Gasteiger partial charge in [0.2, 0.25) is 5.96 Å². The van der Waals surface area contributed by atoms with Crippen LogP contribution in [0.4, 0.5) is 0 Å². The second-order valence-corrected chi connectivity index (χ2v) is 5.72. The fraction of sp³-hybridized carbons (Fsp3) is 0.0588. The van der Waals surface area contributed by atoms with E-state index in [1.807, 2.05) is 49.4 Å². The van der Waals surface area contributed by atoms with Gasteiger partial charge in [-0.15, -0.1) is 10.2 Å². The fourth-order valence-corrected chi connectivity index (χ4v) is 2.16. The van der Waals surface area contributed by atoms with Gasteiger partial charge in [-0.05, 0) is 48.4 Å². The molecule has 0 spiro atoms. The first-order valence-electron chi connectivity index (χ1n) is 6.82. The van der Waals surface area contributed by atoms with Crippen molar-refractivity contribution in [1.82, 2.24) is 0 Å². The van der Waals surface area contributed by atoms with Gasteiger partial charge in [0.25, 0.3) is 0 Å². The van der Waals surface area contributed by atoms with E-state index in [9.17, 15) is 0 Å². The lowest BCUT2D eigenvalue weighted by atomic mass is 10.0. The quantitative estimate of drug-likeness (QED) is 0.497. The molecule has 0 unspecified atom stereocenters. The second kappa shape index (κ2) is 7.81. The van der Waals surface area contributed by atoms with E-state index < -0.39 is 0 Å². The lowest BCUT2D eigenvalue weighted by Gasteiger charge is -2.05. The summed E-state index contributed by atoms with van der Waals surface area (Å²) in [4.78, 5) is 0. The van der Waals surface area contributed by atoms with E-state index in [2.05, 4.69) is 10.2 Å². The summed E-state index contributed by atoms with van der Waals surface area (Å²) < 4.78 is 0. The van der Waals surface area contributed by atoms with Crippen molar-refractivity contribution >= 4 is 40.4 Å². The maximum atomic E-state index is 5.92. The van der Waals surface area contributed by atoms with Gasteiger partial charge in [0.05, 0.1) is 5.71 Å². The average Bonchev–Trinajstić information content (AvgIpc) is 2.52. The van der Waals surface area contributed by atoms with Crippen molar-refractivity contribution in [2.24, 2.45) is 21.7 Å². The molecule has 23 heavy (non-hydrogen) atoms. The number of hydrogen-bond donors (Lipinski definition) is 2. The Kier molecular flexibility index (Phi) is 5.79. The minimum absolute atomic E-state index is 0.103. The van der Waals surface area contributed by atoms with Crippen molar-refractivity contribution in [3.8, 4) is 0 Å². The first kappa shape index (κ1) is 17.1. The Hall–Kier alpha value is -2.30. The average molecular weight is 347 g/mol. The van der Waals surface area contributed by atoms with Crippen molar-refractivity contribution in [3.63, 3.8) is 0 Å². The zero-order valence-electron chi connectivity index (χ0n) is 12.5. The number of hydrogen-bond acceptors (Lipinski definition) is 2. The minimum Gasteiger partial charge on any atom is -0.369 e. The van der Waals surface area contributed by atoms with Crippen molar-refractivity contribution in [3.05, 3.63) is 75.8 Å². The van der Waals surface area contributed by atoms with Gasteiger partial charge >= 0.3 is 0 Å². The third-order valence-electron chi connectivity index (χ3n) is 3.07. The van der Waals surface area contributed by atoms with Gasteiger partial charge in [-0.3, -0.25) is 0 Å². The monoisotopic (exact) mass is 346 g/mol. The topological polar surface area (TPSA) is 76.8 Å². The SMILES string of the molecule is C/C(=C/C(=N\N=C(N)N)c1ccc(Cl)cc1)c1ccc(Cl)cc1. The molecule has 2 rings (SSSR count). The molecule has 0 amide bonds. The molecular formula is C17H16Cl2N4. The van der Waals surface area contributed by atoms with Gasteiger partial charge < -0.3 is 11.5 Å². The smallest absolute Gasteiger partial charge is 0.211 e. The molecule has 0 saturated heterocycles. The standard InChI is InChI=1S/C17H16Cl2N4/c1-11(12-2-6-14(18)7-3-12)10-16(22-23-17(20)21)13-4-8-15(19)9-5-13/h2-10H,1H3,(H4,20,21,23)/b11-10-,22-16+. The highest BCUT2D eigenvalue weighted by molar-refractivity contribution is 6.31. The Morgan fingerprint density at radius 1 is 0.826 bits per heavy atom. The lowest BCUT2D eigenvalue weighted by molar-refractivity contribution is 1.20. The molecule has 0 radical (unpaired) electrons. The number of rotatable bonds is 4. The van der Waals surface area contributed by atoms with Gasteiger partial charge in [-0.25, -0.2) is 0 Å². The third-order valence-corrected chi connectivity index (χ3v) is 3.57. The predicted molar refractivity (Wildman–Crippen MR) is 98.9 cm³/mol. The van der Waals surface area contributed by atoms with Gasteiger partial charge in [0.15, 0.2) is 0 Å². The Morgan fingerprint density at radius 3 is 1.78 bits per heavy atom. The van der Waals surface area contributed by atoms with Gasteiger partial charge in [-0.1, -0.05) is 47.5 Å². The van der Waals surface area contributed by atoms with E-state index in [-0.39, 0.29) is 5.96 Å². The predicted octanol–water partition coefficient (Wildman–Crippen LogP) is 4.07. The number of benzene rings is 2. The molecule has 0 heterocycles. The van der Waals surface area contributed by atoms with Crippen molar-refractivity contribution in [1.29, 1.82) is 0 Å². The van der Waals surface area contributed by atoms with Crippen LogP contribution in [0.25, 0.3) is 5.57 Å². The number of nitrogens with two attached hydrogens (primary N) is 2. The first-order chi connectivity index (χ1) is 11.0. The zero-order valence-corrected chi connectivity index (χ0v) is 14.0. The molecular weight excluding hydrogens is 331 g/mol. The normalized spacial score (nSPS) is 12.1. The van der Waals surface area contributed by atoms with Crippen LogP contribution in [0.5, 0.6) is 0 Å². The summed E-state index contributed by atoms with van der Waals surface area (Å²) in [5.74, 6) is -0.103. The van der Waals surface area contributed by atoms with E-state index in [1.165, 1.54) is 0 Å². The molecule has 0 aliphatic rings. The highest BCUT2D eigenvalue weighted by atomic mass is 35.5. The Labute approximate surface area is 145 Å². The molecule has 4 N–H and O–H groups in total. The first-order valence-corrected chi connectivity index (χ1v) is 7.58. The Morgan fingerprint density at radius 2 is 1.30 bits per heavy atom. The third kappa shape index (κ3) is 5.13. The van der Waals surface area contributed by atoms with Gasteiger partial charge in [0, 0.05) is 15.6 Å². The molecule has 2 aromatic carbocycles. The lowest BCUT2D eigenvalue weighted by Crippen LogP contribution is -2.22. The largest absolute Gasteiger partial charge is 0.369 e. The summed E-state index contributed by atoms with van der Waals surface area (Å²) in [5.41, 5.74) is 14.2. The van der Waals surface area contributed by atoms with E-state index in [4.69, 9.17) is 34.7 Å². The maximum Gasteiger partial charge on any atom is 0.211 e. The summed E-state index contributed by atoms with van der Waals surface area (Å²) in [6, 6.07) is 14.8. The molecule has 2 aromatic rings. The minimum atomic E-state index is -0.103. The van der Waals surface area contributed by atoms with Crippen LogP contribution in [0, 0.1) is 0 Å². The van der Waals surface area contributed by atoms with Crippen LogP contribution in [-0.2, 0) is 0 Å². The molecule has 6 heteroatoms. The highest BCUT2D eigenvalue weighted by Gasteiger charge is 2.04. The van der Waals surface area contributed by atoms with Crippen LogP contribution >= 0.6 is 23.2 Å². The second-order valence-electron chi connectivity index (χ2n) is 4.85. The van der Waals surface area contributed by atoms with Crippen LogP contribution in [0.15, 0.2) is 64.8 Å². The summed E-state index contributed by atoms with van der Waals surface area (Å²) >= 11 is 11.8. The molecule has 0 saturated carbocycles. The van der Waals surface area contributed by atoms with E-state index in [0.29, 0.717) is 15.8 Å². The van der Waals surface area contributed by atoms with E-state index >= 15 is 0 Å². The summed E-state index contributed by atoms with van der Waals surface area (Å²) in [5, 5.41) is 9.20. The van der Waals surface area contributed by atoms with Crippen molar-refractivity contribution < 1.29 is 0 Å². The summed E-state index contributed by atoms with van der Waals surface area (Å²) in [6.07, 6.45) is 1.90. The van der Waals surface area contributed by atoms with E-state index in [1.54, 1.807) is 12.1 Å². The molecule has 0 aromatic heterocycles. The number of halogens is 2. The summed E-state index contributed by atoms with van der Waals surface area (Å²) in [7, 11) is 0. The van der Waals surface area contributed by atoms with Crippen LogP contribution in [-0.4, -0.2) is 11.7 Å². The van der Waals surface area contributed by atoms with Crippen LogP contribution in [0.2, 0.25) is 10.0 Å². The number of guanidine groups is 1. The highest BCUT2D eigenvalue weighted by Crippen LogP contribution is 2.19. The van der Waals surface area contributed by atoms with Crippen LogP contribution < -0.4 is 11.5 Å². The van der Waals surface area contributed by atoms with Gasteiger partial charge in [0.1, 0.15) is 0 Å². The molecule has 0 fully saturated rings. The fourth-order valence-electron chi connectivity index (χ4n) is 1.90. The molecule has 0 bridgehead atoms. The van der Waals surface area contributed by atoms with Crippen LogP contribution in [0.1, 0.15) is 18.1 Å². The van der Waals surface area contributed by atoms with Crippen molar-refractivity contribution in [2.75, 3.05) is 0 Å². The Balaban J connectivity index is 2.43. The van der Waals surface area contributed by atoms with E-state index in [0.717, 1.165) is 16.7 Å². The number of allylic oxidation sites excluding steroid dienone is 2. The van der Waals surface area contributed by atoms with Crippen LogP contribution in [0.3, 0.4) is 0 Å².